The average molecular weight is 743 g/mol. The van der Waals surface area contributed by atoms with Crippen molar-refractivity contribution in [2.24, 2.45) is 0 Å². The number of thiol groups is 1. The molecule has 0 saturated carbocycles. The van der Waals surface area contributed by atoms with Gasteiger partial charge in [0.2, 0.25) is 0 Å². The van der Waals surface area contributed by atoms with E-state index in [0.29, 0.717) is 11.0 Å². The predicted molar refractivity (Wildman–Crippen MR) is 162 cm³/mol. The minimum absolute atomic E-state index is 0.0263. The number of aromatic nitrogens is 6. The van der Waals surface area contributed by atoms with Crippen LogP contribution in [0.1, 0.15) is 12.5 Å². The lowest BCUT2D eigenvalue weighted by molar-refractivity contribution is -0.0587. The fraction of sp³-hybridized carbons (Fsp3) is 0.455. The van der Waals surface area contributed by atoms with Gasteiger partial charge in [0, 0.05) is 0 Å². The van der Waals surface area contributed by atoms with Gasteiger partial charge < -0.3 is 38.7 Å². The molecule has 0 spiro atoms. The summed E-state index contributed by atoms with van der Waals surface area (Å²) in [6.45, 7) is -9.56. The van der Waals surface area contributed by atoms with Crippen LogP contribution in [0.25, 0.3) is 22.2 Å². The molecule has 7 rings (SSSR count). The van der Waals surface area contributed by atoms with E-state index in [1.54, 1.807) is 6.07 Å². The second kappa shape index (κ2) is 11.9. The number of benzene rings is 1. The molecule has 242 valence electrons. The second-order valence-electron chi connectivity index (χ2n) is 10.2. The number of aliphatic hydroxyl groups is 2. The summed E-state index contributed by atoms with van der Waals surface area (Å²) in [4.78, 5) is 38.1. The van der Waals surface area contributed by atoms with Gasteiger partial charge in [-0.2, -0.15) is 0 Å². The number of hydrogen-bond donors (Lipinski definition) is 5. The quantitative estimate of drug-likeness (QED) is 0.147. The number of aliphatic hydroxyl groups excluding tert-OH is 2. The first kappa shape index (κ1) is 32.1. The molecule has 6 heterocycles. The number of nitrogens with zero attached hydrogens (tertiary/aromatic N) is 5. The van der Waals surface area contributed by atoms with Crippen LogP contribution >= 0.6 is 49.0 Å². The third-order valence-corrected chi connectivity index (χ3v) is 11.4. The Morgan fingerprint density at radius 3 is 2.47 bits per heavy atom. The lowest BCUT2D eigenvalue weighted by Gasteiger charge is -2.27. The lowest BCUT2D eigenvalue weighted by atomic mass is 10.1. The van der Waals surface area contributed by atoms with Gasteiger partial charge in [-0.15, -0.1) is 0 Å². The SMILES string of the molecule is O=c1[nH]cnc2c1ncn2[C@@H]1O[C@@H]2COP(O)(=S)OC3C(O)[C@H](n4cnc5cc(Cl)c(Cl)cc54)O[C@@H]3COP(=O)(S)OC1C2O. The number of nitrogens with one attached hydrogen (secondary N) is 1. The molecule has 0 radical (unpaired) electrons. The van der Waals surface area contributed by atoms with Gasteiger partial charge in [-0.3, -0.25) is 22.9 Å². The van der Waals surface area contributed by atoms with Crippen molar-refractivity contribution in [3.8, 4) is 0 Å². The Kier molecular flexibility index (Phi) is 8.46. The van der Waals surface area contributed by atoms with Crippen molar-refractivity contribution in [1.29, 1.82) is 0 Å². The molecule has 1 aromatic carbocycles. The molecule has 2 bridgehead atoms. The van der Waals surface area contributed by atoms with Gasteiger partial charge in [-0.1, -0.05) is 35.5 Å². The highest BCUT2D eigenvalue weighted by Crippen LogP contribution is 2.58. The Bertz CT molecular complexity index is 1950. The van der Waals surface area contributed by atoms with Crippen LogP contribution in [0.3, 0.4) is 0 Å². The molecule has 6 unspecified atom stereocenters. The molecule has 3 aromatic heterocycles. The van der Waals surface area contributed by atoms with E-state index >= 15 is 0 Å². The maximum absolute atomic E-state index is 13.5. The number of ether oxygens (including phenoxy) is 2. The first-order chi connectivity index (χ1) is 21.3. The molecule has 4 aromatic rings. The molecule has 0 aliphatic carbocycles. The first-order valence-electron chi connectivity index (χ1n) is 13.0. The standard InChI is InChI=1S/C22H22Cl2N6O11P2S2/c23-8-1-10-11(2-9(8)24)29(6-27-10)21-16(32)17-13(39-21)4-37-43(35,45)41-18-15(31)12(3-36-42(34,44)40-17)38-22(18)30-7-28-14-19(30)25-5-26-20(14)33/h1-2,5-7,12-13,15-18,21-22,31-32H,3-4H2,(H,34,44)(H,35,45)(H,25,26,33)/t12-,13-,15?,16?,17?,18?,21-,22-,42?,43?/m1/s1. The van der Waals surface area contributed by atoms with Crippen molar-refractivity contribution in [3.63, 3.8) is 0 Å². The predicted octanol–water partition coefficient (Wildman–Crippen LogP) is 2.06. The van der Waals surface area contributed by atoms with Crippen LogP contribution < -0.4 is 5.56 Å². The van der Waals surface area contributed by atoms with Gasteiger partial charge in [-0.25, -0.2) is 19.5 Å². The normalized spacial score (nSPS) is 37.7. The topological polar surface area (TPSA) is 215 Å². The van der Waals surface area contributed by atoms with Gasteiger partial charge in [0.15, 0.2) is 23.6 Å². The highest BCUT2D eigenvalue weighted by atomic mass is 35.5. The van der Waals surface area contributed by atoms with Gasteiger partial charge >= 0.3 is 13.5 Å². The smallest absolute Gasteiger partial charge is 0.386 e. The Morgan fingerprint density at radius 1 is 0.956 bits per heavy atom. The zero-order valence-electron chi connectivity index (χ0n) is 22.3. The number of imidazole rings is 2. The highest BCUT2D eigenvalue weighted by molar-refractivity contribution is 8.44. The van der Waals surface area contributed by atoms with Crippen LogP contribution in [-0.4, -0.2) is 94.0 Å². The van der Waals surface area contributed by atoms with Crippen molar-refractivity contribution in [2.75, 3.05) is 13.2 Å². The van der Waals surface area contributed by atoms with Crippen LogP contribution in [-0.2, 0) is 43.9 Å². The third kappa shape index (κ3) is 5.92. The summed E-state index contributed by atoms with van der Waals surface area (Å²) in [5.41, 5.74) is 0.443. The minimum atomic E-state index is -4.33. The summed E-state index contributed by atoms with van der Waals surface area (Å²) in [5.74, 6) is 0. The molecule has 3 aliphatic heterocycles. The zero-order valence-corrected chi connectivity index (χ0v) is 27.3. The Hall–Kier alpha value is -1.51. The fourth-order valence-corrected chi connectivity index (χ4v) is 8.61. The maximum atomic E-state index is 13.5. The van der Waals surface area contributed by atoms with Crippen molar-refractivity contribution in [2.45, 2.75) is 49.1 Å². The van der Waals surface area contributed by atoms with Gasteiger partial charge in [0.25, 0.3) is 5.56 Å². The minimum Gasteiger partial charge on any atom is -0.387 e. The molecular weight excluding hydrogens is 721 g/mol. The van der Waals surface area contributed by atoms with Crippen molar-refractivity contribution < 1.29 is 47.2 Å². The first-order valence-corrected chi connectivity index (χ1v) is 19.1. The van der Waals surface area contributed by atoms with E-state index < -0.39 is 81.4 Å². The maximum Gasteiger partial charge on any atom is 0.386 e. The van der Waals surface area contributed by atoms with Gasteiger partial charge in [0.05, 0.1) is 53.3 Å². The molecule has 23 heteroatoms. The summed E-state index contributed by atoms with van der Waals surface area (Å²) < 4.78 is 50.8. The zero-order chi connectivity index (χ0) is 31.8. The van der Waals surface area contributed by atoms with Crippen LogP contribution in [0.4, 0.5) is 0 Å². The van der Waals surface area contributed by atoms with Crippen LogP contribution in [0.2, 0.25) is 10.0 Å². The number of fused-ring (bicyclic) bond motifs is 5. The van der Waals surface area contributed by atoms with E-state index in [0.717, 1.165) is 6.33 Å². The number of halogens is 2. The second-order valence-corrected chi connectivity index (χ2v) is 16.7. The summed E-state index contributed by atoms with van der Waals surface area (Å²) in [7, 11) is 0. The molecule has 45 heavy (non-hydrogen) atoms. The Labute approximate surface area is 272 Å². The van der Waals surface area contributed by atoms with Crippen molar-refractivity contribution in [1.82, 2.24) is 29.1 Å². The number of hydrogen-bond acceptors (Lipinski definition) is 14. The van der Waals surface area contributed by atoms with E-state index in [-0.39, 0.29) is 21.2 Å². The molecule has 0 amide bonds. The van der Waals surface area contributed by atoms with Gasteiger partial charge in [-0.05, 0) is 23.9 Å². The van der Waals surface area contributed by atoms with Crippen LogP contribution in [0.15, 0.2) is 35.9 Å². The number of aromatic amines is 1. The monoisotopic (exact) mass is 742 g/mol. The van der Waals surface area contributed by atoms with Gasteiger partial charge in [0.1, 0.15) is 36.6 Å². The van der Waals surface area contributed by atoms with Crippen molar-refractivity contribution in [3.05, 3.63) is 51.5 Å². The Morgan fingerprint density at radius 2 is 1.67 bits per heavy atom. The van der Waals surface area contributed by atoms with E-state index in [1.807, 2.05) is 0 Å². The molecule has 4 N–H and O–H groups in total. The molecule has 3 saturated heterocycles. The number of rotatable bonds is 2. The Balaban J connectivity index is 1.20. The summed E-state index contributed by atoms with van der Waals surface area (Å²) >= 11 is 21.6. The van der Waals surface area contributed by atoms with Crippen molar-refractivity contribution >= 4 is 83.0 Å². The van der Waals surface area contributed by atoms with Crippen LogP contribution in [0, 0.1) is 0 Å². The van der Waals surface area contributed by atoms with E-state index in [1.165, 1.54) is 27.9 Å². The lowest BCUT2D eigenvalue weighted by Crippen LogP contribution is -2.36. The molecule has 3 fully saturated rings. The molecule has 10 atom stereocenters. The largest absolute Gasteiger partial charge is 0.387 e. The highest BCUT2D eigenvalue weighted by Gasteiger charge is 2.52. The van der Waals surface area contributed by atoms with Crippen LogP contribution in [0.5, 0.6) is 0 Å². The number of H-pyrrole nitrogens is 1. The molecule has 3 aliphatic rings. The fourth-order valence-electron chi connectivity index (χ4n) is 5.39. The van der Waals surface area contributed by atoms with E-state index in [4.69, 9.17) is 62.6 Å². The third-order valence-electron chi connectivity index (χ3n) is 7.47. The summed E-state index contributed by atoms with van der Waals surface area (Å²) in [5, 5.41) is 23.0. The molecule has 17 nitrogen and oxygen atoms in total. The van der Waals surface area contributed by atoms with E-state index in [2.05, 4.69) is 32.2 Å². The summed E-state index contributed by atoms with van der Waals surface area (Å²) in [6.07, 6.45) is -6.88. The summed E-state index contributed by atoms with van der Waals surface area (Å²) in [6, 6.07) is 3.08. The molecular formula is C22H22Cl2N6O11P2S2. The van der Waals surface area contributed by atoms with E-state index in [9.17, 15) is 24.5 Å². The average Bonchev–Trinajstić information content (AvgIpc) is 3.73.